The van der Waals surface area contributed by atoms with Gasteiger partial charge in [0.25, 0.3) is 0 Å². The van der Waals surface area contributed by atoms with E-state index >= 15 is 0 Å². The highest BCUT2D eigenvalue weighted by Gasteiger charge is 2.53. The Hall–Kier alpha value is -1.99. The van der Waals surface area contributed by atoms with Gasteiger partial charge in [-0.05, 0) is 51.4 Å². The summed E-state index contributed by atoms with van der Waals surface area (Å²) in [6, 6.07) is -0.896. The number of ether oxygens (including phenoxy) is 6. The third kappa shape index (κ3) is 35.7. The Bertz CT molecular complexity index is 1790. The van der Waals surface area contributed by atoms with Gasteiger partial charge in [0.2, 0.25) is 5.91 Å². The summed E-state index contributed by atoms with van der Waals surface area (Å²) in [5.41, 5.74) is 0. The highest BCUT2D eigenvalue weighted by Crippen LogP contribution is 2.33. The topological polar surface area (TPSA) is 307 Å². The number of rotatable bonds is 57. The van der Waals surface area contributed by atoms with Crippen LogP contribution in [0.2, 0.25) is 0 Å². The summed E-state index contributed by atoms with van der Waals surface area (Å²) in [4.78, 5) is 13.4. The molecule has 3 aliphatic rings. The minimum Gasteiger partial charge on any atom is -0.394 e. The van der Waals surface area contributed by atoms with E-state index in [1.54, 1.807) is 0 Å². The van der Waals surface area contributed by atoms with Crippen molar-refractivity contribution in [1.82, 2.24) is 5.32 Å². The van der Waals surface area contributed by atoms with E-state index in [4.69, 9.17) is 28.4 Å². The summed E-state index contributed by atoms with van der Waals surface area (Å²) >= 11 is 0. The molecule has 3 fully saturated rings. The maximum absolute atomic E-state index is 13.4. The Kier molecular flexibility index (Phi) is 49.5. The lowest BCUT2D eigenvalue weighted by molar-refractivity contribution is -0.379. The molecule has 17 unspecified atom stereocenters. The van der Waals surface area contributed by atoms with Crippen molar-refractivity contribution in [2.45, 2.75) is 388 Å². The summed E-state index contributed by atoms with van der Waals surface area (Å²) in [5, 5.41) is 121. The molecule has 19 nitrogen and oxygen atoms in total. The molecule has 91 heavy (non-hydrogen) atoms. The SMILES string of the molecule is CCCCC/C=C\C/C=C\C/C=C\CCCCCCCCC(=O)NC(COC1OC(CO)C(OC2OC(CO)C(OC3OC(CO)C(O)C(O)C3O)C(O)C2O)C(O)C1O)C(O)CCCCCCCCCCCCCCCCCCCCCCCCCCCCC. The fourth-order valence-corrected chi connectivity index (χ4v) is 12.5. The van der Waals surface area contributed by atoms with Crippen molar-refractivity contribution in [3.8, 4) is 0 Å². The number of aliphatic hydroxyl groups excluding tert-OH is 11. The van der Waals surface area contributed by atoms with Gasteiger partial charge in [0.15, 0.2) is 18.9 Å². The second-order valence-electron chi connectivity index (χ2n) is 26.4. The van der Waals surface area contributed by atoms with Gasteiger partial charge in [-0.2, -0.15) is 0 Å². The van der Waals surface area contributed by atoms with Crippen molar-refractivity contribution >= 4 is 5.91 Å². The third-order valence-electron chi connectivity index (χ3n) is 18.5. The first-order valence-electron chi connectivity index (χ1n) is 36.7. The monoisotopic (exact) mass is 1300 g/mol. The van der Waals surface area contributed by atoms with Gasteiger partial charge in [0.05, 0.1) is 38.6 Å². The number of unbranched alkanes of at least 4 members (excludes halogenated alkanes) is 35. The smallest absolute Gasteiger partial charge is 0.220 e. The number of hydrogen-bond acceptors (Lipinski definition) is 18. The van der Waals surface area contributed by atoms with Crippen molar-refractivity contribution in [3.05, 3.63) is 36.5 Å². The lowest BCUT2D eigenvalue weighted by atomic mass is 9.96. The van der Waals surface area contributed by atoms with Crippen LogP contribution in [-0.2, 0) is 33.2 Å². The molecule has 0 aromatic rings. The summed E-state index contributed by atoms with van der Waals surface area (Å²) in [5.74, 6) is -0.253. The first kappa shape index (κ1) is 83.2. The molecule has 0 aromatic heterocycles. The van der Waals surface area contributed by atoms with E-state index in [0.29, 0.717) is 12.8 Å². The zero-order valence-electron chi connectivity index (χ0n) is 56.6. The number of aliphatic hydroxyl groups is 11. The van der Waals surface area contributed by atoms with Gasteiger partial charge in [-0.3, -0.25) is 4.79 Å². The van der Waals surface area contributed by atoms with Crippen molar-refractivity contribution < 1.29 is 89.4 Å². The molecular formula is C72H133NO18. The Morgan fingerprint density at radius 2 is 0.725 bits per heavy atom. The first-order chi connectivity index (χ1) is 44.3. The molecule has 3 rings (SSSR count). The van der Waals surface area contributed by atoms with E-state index in [-0.39, 0.29) is 18.9 Å². The summed E-state index contributed by atoms with van der Waals surface area (Å²) < 4.78 is 34.4. The normalized spacial score (nSPS) is 28.0. The maximum Gasteiger partial charge on any atom is 0.220 e. The highest BCUT2D eigenvalue weighted by molar-refractivity contribution is 5.76. The fraction of sp³-hybridized carbons (Fsp3) is 0.903. The van der Waals surface area contributed by atoms with Crippen LogP contribution in [0.4, 0.5) is 0 Å². The van der Waals surface area contributed by atoms with Crippen LogP contribution >= 0.6 is 0 Å². The summed E-state index contributed by atoms with van der Waals surface area (Å²) in [6.45, 7) is 1.79. The molecule has 0 saturated carbocycles. The zero-order chi connectivity index (χ0) is 66.1. The third-order valence-corrected chi connectivity index (χ3v) is 18.5. The number of nitrogens with one attached hydrogen (secondary N) is 1. The standard InChI is InChI=1S/C72H133NO18/c1-3-5-7-9-11-13-15-17-19-21-23-24-25-26-27-28-29-30-32-33-35-37-39-41-43-45-47-49-56(77)55(73-60(78)50-48-46-44-42-40-38-36-34-31-22-20-18-16-14-12-10-8-6-4-2)54-86-70-66(84)63(81)68(58(52-75)88-70)91-72-67(85)64(82)69(59(53-76)89-72)90-71-65(83)62(80)61(79)57(51-74)87-71/h12,14,18,20,31,34,55-59,61-72,74-77,79-85H,3-11,13,15-17,19,21-30,32-33,35-54H2,1-2H3,(H,73,78)/b14-12-,20-18-,34-31-. The van der Waals surface area contributed by atoms with Gasteiger partial charge in [0.1, 0.15) is 73.2 Å². The molecule has 3 aliphatic heterocycles. The Morgan fingerprint density at radius 1 is 0.396 bits per heavy atom. The summed E-state index contributed by atoms with van der Waals surface area (Å²) in [7, 11) is 0. The molecule has 3 heterocycles. The molecule has 0 spiro atoms. The van der Waals surface area contributed by atoms with Crippen LogP contribution in [0.25, 0.3) is 0 Å². The predicted octanol–water partition coefficient (Wildman–Crippen LogP) is 10.4. The Labute approximate surface area is 549 Å². The van der Waals surface area contributed by atoms with Crippen LogP contribution in [0, 0.1) is 0 Å². The molecule has 0 aliphatic carbocycles. The van der Waals surface area contributed by atoms with Gasteiger partial charge in [-0.1, -0.05) is 262 Å². The van der Waals surface area contributed by atoms with Crippen molar-refractivity contribution in [3.63, 3.8) is 0 Å². The van der Waals surface area contributed by atoms with E-state index < -0.39 is 124 Å². The minimum absolute atomic E-state index is 0.252. The average Bonchev–Trinajstić information content (AvgIpc) is 0.886. The number of hydrogen-bond donors (Lipinski definition) is 12. The molecule has 3 saturated heterocycles. The van der Waals surface area contributed by atoms with E-state index in [9.17, 15) is 61.0 Å². The number of carbonyl (C=O) groups excluding carboxylic acids is 1. The molecule has 0 bridgehead atoms. The van der Waals surface area contributed by atoms with Gasteiger partial charge >= 0.3 is 0 Å². The highest BCUT2D eigenvalue weighted by atomic mass is 16.8. The number of carbonyl (C=O) groups is 1. The van der Waals surface area contributed by atoms with Crippen LogP contribution in [0.5, 0.6) is 0 Å². The van der Waals surface area contributed by atoms with Crippen LogP contribution < -0.4 is 5.32 Å². The molecule has 17 atom stereocenters. The van der Waals surface area contributed by atoms with Crippen molar-refractivity contribution in [2.24, 2.45) is 0 Å². The van der Waals surface area contributed by atoms with Crippen LogP contribution in [-0.4, -0.2) is 193 Å². The molecule has 0 radical (unpaired) electrons. The van der Waals surface area contributed by atoms with Crippen molar-refractivity contribution in [2.75, 3.05) is 26.4 Å². The van der Waals surface area contributed by atoms with Crippen molar-refractivity contribution in [1.29, 1.82) is 0 Å². The lowest BCUT2D eigenvalue weighted by Gasteiger charge is -2.48. The molecule has 0 aromatic carbocycles. The van der Waals surface area contributed by atoms with Gasteiger partial charge in [0, 0.05) is 6.42 Å². The van der Waals surface area contributed by atoms with E-state index in [1.165, 1.54) is 167 Å². The van der Waals surface area contributed by atoms with Crippen LogP contribution in [0.15, 0.2) is 36.5 Å². The van der Waals surface area contributed by atoms with Crippen LogP contribution in [0.3, 0.4) is 0 Å². The lowest BCUT2D eigenvalue weighted by Crippen LogP contribution is -2.66. The Balaban J connectivity index is 1.41. The quantitative estimate of drug-likeness (QED) is 0.0199. The zero-order valence-corrected chi connectivity index (χ0v) is 56.6. The summed E-state index contributed by atoms with van der Waals surface area (Å²) in [6.07, 6.45) is 36.5. The van der Waals surface area contributed by atoms with E-state index in [1.807, 2.05) is 0 Å². The molecule has 12 N–H and O–H groups in total. The van der Waals surface area contributed by atoms with Gasteiger partial charge < -0.3 is 89.9 Å². The minimum atomic E-state index is -1.97. The Morgan fingerprint density at radius 3 is 1.15 bits per heavy atom. The second kappa shape index (κ2) is 54.1. The van der Waals surface area contributed by atoms with Gasteiger partial charge in [-0.25, -0.2) is 0 Å². The molecule has 1 amide bonds. The van der Waals surface area contributed by atoms with Crippen LogP contribution in [0.1, 0.15) is 284 Å². The van der Waals surface area contributed by atoms with E-state index in [0.717, 1.165) is 83.5 Å². The number of allylic oxidation sites excluding steroid dienone is 6. The van der Waals surface area contributed by atoms with E-state index in [2.05, 4.69) is 55.6 Å². The molecular weight excluding hydrogens is 1170 g/mol. The largest absolute Gasteiger partial charge is 0.394 e. The predicted molar refractivity (Wildman–Crippen MR) is 356 cm³/mol. The first-order valence-corrected chi connectivity index (χ1v) is 36.7. The second-order valence-corrected chi connectivity index (χ2v) is 26.4. The maximum atomic E-state index is 13.4. The number of amides is 1. The molecule has 534 valence electrons. The van der Waals surface area contributed by atoms with Gasteiger partial charge in [-0.15, -0.1) is 0 Å². The average molecular weight is 1300 g/mol. The fourth-order valence-electron chi connectivity index (χ4n) is 12.5. The molecule has 19 heteroatoms.